The Morgan fingerprint density at radius 3 is 2.63 bits per heavy atom. The lowest BCUT2D eigenvalue weighted by molar-refractivity contribution is 0.218. The van der Waals surface area contributed by atoms with E-state index < -0.39 is 0 Å². The molecule has 0 spiro atoms. The molecule has 0 aliphatic heterocycles. The third-order valence-electron chi connectivity index (χ3n) is 6.02. The maximum atomic E-state index is 13.8. The molecule has 158 valence electrons. The number of benzene rings is 1. The van der Waals surface area contributed by atoms with Crippen LogP contribution in [0, 0.1) is 18.3 Å². The Labute approximate surface area is 187 Å². The van der Waals surface area contributed by atoms with E-state index in [0.717, 1.165) is 51.6 Å². The first-order valence-corrected chi connectivity index (χ1v) is 12.4. The minimum atomic E-state index is 0.0692. The van der Waals surface area contributed by atoms with Gasteiger partial charge in [0.1, 0.15) is 4.83 Å². The zero-order chi connectivity index (χ0) is 21.6. The van der Waals surface area contributed by atoms with Crippen molar-refractivity contribution in [3.63, 3.8) is 0 Å². The zero-order valence-electron chi connectivity index (χ0n) is 18.5. The minimum absolute atomic E-state index is 0.0692. The van der Waals surface area contributed by atoms with Crippen LogP contribution in [-0.4, -0.2) is 15.3 Å². The van der Waals surface area contributed by atoms with Crippen LogP contribution in [0.5, 0.6) is 0 Å². The fraction of sp³-hybridized carbons (Fsp3) is 0.440. The molecule has 0 bridgehead atoms. The maximum absolute atomic E-state index is 13.8. The Bertz CT molecular complexity index is 1160. The molecule has 2 aromatic heterocycles. The molecule has 1 atom stereocenters. The smallest absolute Gasteiger partial charge is 0.267 e. The second-order valence-corrected chi connectivity index (χ2v) is 11.6. The van der Waals surface area contributed by atoms with Crippen molar-refractivity contribution in [1.29, 1.82) is 0 Å². The number of thiophene rings is 1. The lowest BCUT2D eigenvalue weighted by atomic mass is 9.72. The van der Waals surface area contributed by atoms with Crippen LogP contribution >= 0.6 is 23.1 Å². The predicted molar refractivity (Wildman–Crippen MR) is 130 cm³/mol. The largest absolute Gasteiger partial charge is 0.268 e. The Kier molecular flexibility index (Phi) is 5.71. The standard InChI is InChI=1S/C25H30N2OS2/c1-15(2)14-29-24-26-22-21(23(28)27(24)18-10-7-16(3)8-11-18)19-12-9-17(25(4,5)6)13-20(19)30-22/h7-8,10-11,17H,1,9,12-14H2,2-6H3/t17-/m0/s1. The van der Waals surface area contributed by atoms with E-state index in [4.69, 9.17) is 4.98 Å². The SMILES string of the molecule is C=C(C)CSc1nc2sc3c(c2c(=O)n1-c1ccc(C)cc1)CC[C@H](C(C)(C)C)C3. The van der Waals surface area contributed by atoms with Crippen molar-refractivity contribution in [2.24, 2.45) is 11.3 Å². The van der Waals surface area contributed by atoms with E-state index >= 15 is 0 Å². The molecule has 4 rings (SSSR count). The lowest BCUT2D eigenvalue weighted by Gasteiger charge is -2.33. The Hall–Kier alpha value is -1.85. The predicted octanol–water partition coefficient (Wildman–Crippen LogP) is 6.57. The zero-order valence-corrected chi connectivity index (χ0v) is 20.2. The second-order valence-electron chi connectivity index (χ2n) is 9.61. The van der Waals surface area contributed by atoms with Crippen LogP contribution in [-0.2, 0) is 12.8 Å². The molecule has 3 aromatic rings. The van der Waals surface area contributed by atoms with E-state index in [9.17, 15) is 4.79 Å². The van der Waals surface area contributed by atoms with Gasteiger partial charge in [-0.15, -0.1) is 11.3 Å². The number of hydrogen-bond acceptors (Lipinski definition) is 4. The first-order valence-electron chi connectivity index (χ1n) is 10.6. The van der Waals surface area contributed by atoms with Gasteiger partial charge < -0.3 is 0 Å². The topological polar surface area (TPSA) is 34.9 Å². The van der Waals surface area contributed by atoms with Gasteiger partial charge in [-0.3, -0.25) is 9.36 Å². The Morgan fingerprint density at radius 1 is 1.30 bits per heavy atom. The highest BCUT2D eigenvalue weighted by atomic mass is 32.2. The molecule has 0 saturated heterocycles. The number of rotatable bonds is 4. The number of nitrogens with zero attached hydrogens (tertiary/aromatic N) is 2. The van der Waals surface area contributed by atoms with Gasteiger partial charge in [-0.1, -0.05) is 62.4 Å². The van der Waals surface area contributed by atoms with Gasteiger partial charge in [-0.2, -0.15) is 0 Å². The Balaban J connectivity index is 1.90. The molecule has 2 heterocycles. The molecule has 0 unspecified atom stereocenters. The van der Waals surface area contributed by atoms with Crippen molar-refractivity contribution in [3.8, 4) is 5.69 Å². The summed E-state index contributed by atoms with van der Waals surface area (Å²) in [6.45, 7) is 15.1. The van der Waals surface area contributed by atoms with E-state index in [1.54, 1.807) is 27.7 Å². The van der Waals surface area contributed by atoms with Gasteiger partial charge >= 0.3 is 0 Å². The van der Waals surface area contributed by atoms with Crippen molar-refractivity contribution in [2.75, 3.05) is 5.75 Å². The first-order chi connectivity index (χ1) is 14.1. The number of thioether (sulfide) groups is 1. The van der Waals surface area contributed by atoms with E-state index in [0.29, 0.717) is 5.92 Å². The third-order valence-corrected chi connectivity index (χ3v) is 8.33. The monoisotopic (exact) mass is 438 g/mol. The highest BCUT2D eigenvalue weighted by molar-refractivity contribution is 7.99. The summed E-state index contributed by atoms with van der Waals surface area (Å²) in [5.41, 5.74) is 4.73. The van der Waals surface area contributed by atoms with Crippen LogP contribution in [0.15, 0.2) is 46.4 Å². The molecular weight excluding hydrogens is 408 g/mol. The molecule has 0 fully saturated rings. The Morgan fingerprint density at radius 2 is 2.00 bits per heavy atom. The van der Waals surface area contributed by atoms with Crippen molar-refractivity contribution < 1.29 is 0 Å². The van der Waals surface area contributed by atoms with Crippen LogP contribution in [0.3, 0.4) is 0 Å². The second kappa shape index (κ2) is 8.01. The summed E-state index contributed by atoms with van der Waals surface area (Å²) in [5, 5.41) is 1.59. The first kappa shape index (κ1) is 21.4. The van der Waals surface area contributed by atoms with Crippen LogP contribution in [0.25, 0.3) is 15.9 Å². The van der Waals surface area contributed by atoms with Gasteiger partial charge in [0.05, 0.1) is 11.1 Å². The molecule has 0 radical (unpaired) electrons. The number of hydrogen-bond donors (Lipinski definition) is 0. The van der Waals surface area contributed by atoms with Gasteiger partial charge in [-0.05, 0) is 62.1 Å². The molecule has 3 nitrogen and oxygen atoms in total. The van der Waals surface area contributed by atoms with Crippen LogP contribution in [0.1, 0.15) is 50.1 Å². The van der Waals surface area contributed by atoms with Gasteiger partial charge in [-0.25, -0.2) is 4.98 Å². The van der Waals surface area contributed by atoms with Crippen LogP contribution < -0.4 is 5.56 Å². The molecule has 1 aliphatic rings. The summed E-state index contributed by atoms with van der Waals surface area (Å²) in [4.78, 5) is 21.0. The quantitative estimate of drug-likeness (QED) is 0.262. The van der Waals surface area contributed by atoms with Crippen molar-refractivity contribution in [3.05, 3.63) is 62.8 Å². The van der Waals surface area contributed by atoms with Crippen molar-refractivity contribution >= 4 is 33.3 Å². The van der Waals surface area contributed by atoms with Gasteiger partial charge in [0.2, 0.25) is 0 Å². The summed E-state index contributed by atoms with van der Waals surface area (Å²) in [6, 6.07) is 8.14. The molecular formula is C25H30N2OS2. The molecule has 0 N–H and O–H groups in total. The average molecular weight is 439 g/mol. The van der Waals surface area contributed by atoms with Crippen molar-refractivity contribution in [2.45, 2.75) is 59.0 Å². The van der Waals surface area contributed by atoms with Crippen LogP contribution in [0.4, 0.5) is 0 Å². The number of aryl methyl sites for hydroxylation is 2. The molecule has 5 heteroatoms. The summed E-state index contributed by atoms with van der Waals surface area (Å²) in [7, 11) is 0. The molecule has 30 heavy (non-hydrogen) atoms. The maximum Gasteiger partial charge on any atom is 0.267 e. The molecule has 0 amide bonds. The summed E-state index contributed by atoms with van der Waals surface area (Å²) in [5.74, 6) is 1.40. The molecule has 0 saturated carbocycles. The number of aromatic nitrogens is 2. The van der Waals surface area contributed by atoms with Gasteiger partial charge in [0, 0.05) is 10.6 Å². The average Bonchev–Trinajstić information content (AvgIpc) is 3.04. The van der Waals surface area contributed by atoms with E-state index in [1.165, 1.54) is 16.0 Å². The highest BCUT2D eigenvalue weighted by Gasteiger charge is 2.32. The molecule has 1 aromatic carbocycles. The van der Waals surface area contributed by atoms with E-state index in [-0.39, 0.29) is 11.0 Å². The minimum Gasteiger partial charge on any atom is -0.268 e. The normalized spacial score (nSPS) is 16.6. The van der Waals surface area contributed by atoms with Gasteiger partial charge in [0.15, 0.2) is 5.16 Å². The summed E-state index contributed by atoms with van der Waals surface area (Å²) in [6.07, 6.45) is 3.16. The third kappa shape index (κ3) is 4.02. The lowest BCUT2D eigenvalue weighted by Crippen LogP contribution is -2.27. The number of fused-ring (bicyclic) bond motifs is 3. The van der Waals surface area contributed by atoms with Gasteiger partial charge in [0.25, 0.3) is 5.56 Å². The van der Waals surface area contributed by atoms with E-state index in [2.05, 4.69) is 46.4 Å². The summed E-state index contributed by atoms with van der Waals surface area (Å²) < 4.78 is 1.80. The van der Waals surface area contributed by atoms with E-state index in [1.807, 2.05) is 19.1 Å². The fourth-order valence-electron chi connectivity index (χ4n) is 4.15. The molecule has 1 aliphatic carbocycles. The summed E-state index contributed by atoms with van der Waals surface area (Å²) >= 11 is 3.32. The highest BCUT2D eigenvalue weighted by Crippen LogP contribution is 2.42. The van der Waals surface area contributed by atoms with Crippen molar-refractivity contribution in [1.82, 2.24) is 9.55 Å². The fourth-order valence-corrected chi connectivity index (χ4v) is 6.35. The van der Waals surface area contributed by atoms with Crippen LogP contribution in [0.2, 0.25) is 0 Å².